The maximum absolute atomic E-state index is 9.28. The average molecular weight is 119 g/mol. The van der Waals surface area contributed by atoms with Crippen LogP contribution in [-0.2, 0) is 9.53 Å². The molecule has 0 saturated heterocycles. The molecule has 0 aromatic carbocycles. The molecule has 0 aliphatic heterocycles. The number of carbonyl (C=O) groups is 1. The van der Waals surface area contributed by atoms with E-state index in [-0.39, 0.29) is 6.61 Å². The van der Waals surface area contributed by atoms with E-state index in [1.54, 1.807) is 0 Å². The Hall–Kier alpha value is -0.410. The fourth-order valence-electron chi connectivity index (χ4n) is 0.0680. The molecule has 0 spiro atoms. The summed E-state index contributed by atoms with van der Waals surface area (Å²) in [5.41, 5.74) is 0. The Kier molecular flexibility index (Phi) is 21.1. The van der Waals surface area contributed by atoms with Crippen LogP contribution in [0.1, 0.15) is 0 Å². The molecule has 0 fully saturated rings. The molecule has 0 radical (unpaired) electrons. The van der Waals surface area contributed by atoms with Crippen molar-refractivity contribution in [3.05, 3.63) is 0 Å². The first-order valence-corrected chi connectivity index (χ1v) is 2.34. The van der Waals surface area contributed by atoms with Gasteiger partial charge in [0.2, 0.25) is 0 Å². The average Bonchev–Trinajstić information content (AvgIpc) is 1.71. The van der Waals surface area contributed by atoms with Crippen molar-refractivity contribution in [3.63, 3.8) is 0 Å². The van der Waals surface area contributed by atoms with Gasteiger partial charge in [0.1, 0.15) is 12.9 Å². The van der Waals surface area contributed by atoms with E-state index in [1.807, 2.05) is 14.1 Å². The van der Waals surface area contributed by atoms with Gasteiger partial charge in [-0.3, -0.25) is 0 Å². The van der Waals surface area contributed by atoms with Crippen molar-refractivity contribution in [1.29, 1.82) is 0 Å². The highest BCUT2D eigenvalue weighted by Gasteiger charge is 1.64. The smallest absolute Gasteiger partial charge is 0.145 e. The maximum atomic E-state index is 9.28. The second-order valence-electron chi connectivity index (χ2n) is 1.12. The minimum absolute atomic E-state index is 0.208. The molecule has 1 N–H and O–H groups in total. The van der Waals surface area contributed by atoms with Crippen LogP contribution in [0, 0.1) is 0 Å². The second kappa shape index (κ2) is 16.0. The van der Waals surface area contributed by atoms with Crippen LogP contribution >= 0.6 is 0 Å². The fraction of sp³-hybridized carbons (Fsp3) is 0.800. The molecule has 0 aromatic heterocycles. The lowest BCUT2D eigenvalue weighted by atomic mass is 10.8. The van der Waals surface area contributed by atoms with Crippen molar-refractivity contribution in [2.45, 2.75) is 0 Å². The van der Waals surface area contributed by atoms with Gasteiger partial charge in [-0.1, -0.05) is 0 Å². The fourth-order valence-corrected chi connectivity index (χ4v) is 0.0680. The third-order valence-electron chi connectivity index (χ3n) is 0.235. The molecule has 0 heterocycles. The molecule has 0 rings (SSSR count). The van der Waals surface area contributed by atoms with Gasteiger partial charge < -0.3 is 14.8 Å². The molecule has 0 aliphatic rings. The Morgan fingerprint density at radius 3 is 2.00 bits per heavy atom. The minimum atomic E-state index is 0.208. The van der Waals surface area contributed by atoms with E-state index in [0.717, 1.165) is 0 Å². The van der Waals surface area contributed by atoms with Crippen LogP contribution in [0.5, 0.6) is 0 Å². The molecule has 0 atom stereocenters. The van der Waals surface area contributed by atoms with Crippen LogP contribution in [0.15, 0.2) is 0 Å². The van der Waals surface area contributed by atoms with Crippen LogP contribution in [0.2, 0.25) is 0 Å². The van der Waals surface area contributed by atoms with Crippen molar-refractivity contribution in [2.75, 3.05) is 27.8 Å². The standard InChI is InChI=1S/C3H6O2.C2H7N/c1-5-3-2-4;1-3-2/h2H,3H2,1H3;3H,1-2H3. The first-order valence-electron chi connectivity index (χ1n) is 2.34. The molecule has 0 bridgehead atoms. The zero-order chi connectivity index (χ0) is 6.83. The molecule has 0 aromatic rings. The van der Waals surface area contributed by atoms with Crippen LogP contribution in [0.3, 0.4) is 0 Å². The highest BCUT2D eigenvalue weighted by molar-refractivity contribution is 5.50. The van der Waals surface area contributed by atoms with Gasteiger partial charge >= 0.3 is 0 Å². The van der Waals surface area contributed by atoms with Gasteiger partial charge in [0.05, 0.1) is 0 Å². The molecule has 8 heavy (non-hydrogen) atoms. The molecule has 0 saturated carbocycles. The van der Waals surface area contributed by atoms with Crippen molar-refractivity contribution >= 4 is 6.29 Å². The highest BCUT2D eigenvalue weighted by atomic mass is 16.5. The summed E-state index contributed by atoms with van der Waals surface area (Å²) in [6.07, 6.45) is 0.708. The quantitative estimate of drug-likeness (QED) is 0.506. The van der Waals surface area contributed by atoms with Gasteiger partial charge in [-0.25, -0.2) is 0 Å². The van der Waals surface area contributed by atoms with E-state index in [4.69, 9.17) is 0 Å². The van der Waals surface area contributed by atoms with Gasteiger partial charge in [0.15, 0.2) is 0 Å². The maximum Gasteiger partial charge on any atom is 0.145 e. The molecular formula is C5H13NO2. The minimum Gasteiger partial charge on any atom is -0.377 e. The van der Waals surface area contributed by atoms with Crippen molar-refractivity contribution < 1.29 is 9.53 Å². The summed E-state index contributed by atoms with van der Waals surface area (Å²) in [4.78, 5) is 9.28. The third-order valence-corrected chi connectivity index (χ3v) is 0.235. The van der Waals surface area contributed by atoms with E-state index in [9.17, 15) is 4.79 Å². The Morgan fingerprint density at radius 1 is 1.62 bits per heavy atom. The van der Waals surface area contributed by atoms with Crippen LogP contribution in [-0.4, -0.2) is 34.1 Å². The Morgan fingerprint density at radius 2 is 2.00 bits per heavy atom. The first kappa shape index (κ1) is 10.5. The van der Waals surface area contributed by atoms with Gasteiger partial charge in [-0.2, -0.15) is 0 Å². The zero-order valence-electron chi connectivity index (χ0n) is 5.60. The van der Waals surface area contributed by atoms with Gasteiger partial charge in [-0.05, 0) is 14.1 Å². The summed E-state index contributed by atoms with van der Waals surface area (Å²) < 4.78 is 4.32. The van der Waals surface area contributed by atoms with Crippen LogP contribution in [0.25, 0.3) is 0 Å². The molecule has 3 nitrogen and oxygen atoms in total. The van der Waals surface area contributed by atoms with E-state index >= 15 is 0 Å². The number of hydrogen-bond acceptors (Lipinski definition) is 3. The topological polar surface area (TPSA) is 38.3 Å². The van der Waals surface area contributed by atoms with E-state index in [2.05, 4.69) is 10.1 Å². The van der Waals surface area contributed by atoms with Crippen LogP contribution in [0.4, 0.5) is 0 Å². The molecule has 0 amide bonds. The molecule has 3 heteroatoms. The number of rotatable bonds is 2. The Bertz CT molecular complexity index is 39.4. The van der Waals surface area contributed by atoms with Crippen molar-refractivity contribution in [1.82, 2.24) is 5.32 Å². The summed E-state index contributed by atoms with van der Waals surface area (Å²) in [5.74, 6) is 0. The van der Waals surface area contributed by atoms with E-state index in [0.29, 0.717) is 6.29 Å². The molecule has 0 unspecified atom stereocenters. The first-order chi connectivity index (χ1) is 3.83. The van der Waals surface area contributed by atoms with Crippen LogP contribution < -0.4 is 5.32 Å². The Balaban J connectivity index is 0. The number of carbonyl (C=O) groups excluding carboxylic acids is 1. The molecule has 0 aliphatic carbocycles. The van der Waals surface area contributed by atoms with Gasteiger partial charge in [-0.15, -0.1) is 0 Å². The monoisotopic (exact) mass is 119 g/mol. The number of ether oxygens (including phenoxy) is 1. The summed E-state index contributed by atoms with van der Waals surface area (Å²) in [7, 11) is 5.23. The lowest BCUT2D eigenvalue weighted by Gasteiger charge is -1.76. The van der Waals surface area contributed by atoms with Gasteiger partial charge in [0, 0.05) is 7.11 Å². The van der Waals surface area contributed by atoms with Gasteiger partial charge in [0.25, 0.3) is 0 Å². The zero-order valence-corrected chi connectivity index (χ0v) is 5.60. The summed E-state index contributed by atoms with van der Waals surface area (Å²) in [6, 6.07) is 0. The Labute approximate surface area is 50.0 Å². The third kappa shape index (κ3) is 46.6. The second-order valence-corrected chi connectivity index (χ2v) is 1.12. The van der Waals surface area contributed by atoms with Crippen molar-refractivity contribution in [3.8, 4) is 0 Å². The SMILES string of the molecule is CNC.COCC=O. The number of hydrogen-bond donors (Lipinski definition) is 1. The largest absolute Gasteiger partial charge is 0.377 e. The summed E-state index contributed by atoms with van der Waals surface area (Å²) in [5, 5.41) is 2.75. The molecule has 50 valence electrons. The predicted molar refractivity (Wildman–Crippen MR) is 32.9 cm³/mol. The summed E-state index contributed by atoms with van der Waals surface area (Å²) >= 11 is 0. The lowest BCUT2D eigenvalue weighted by molar-refractivity contribution is -0.110. The normalized spacial score (nSPS) is 6.88. The van der Waals surface area contributed by atoms with E-state index < -0.39 is 0 Å². The number of nitrogens with one attached hydrogen (secondary N) is 1. The number of aldehydes is 1. The lowest BCUT2D eigenvalue weighted by Crippen LogP contribution is -1.89. The van der Waals surface area contributed by atoms with E-state index in [1.165, 1.54) is 7.11 Å². The highest BCUT2D eigenvalue weighted by Crippen LogP contribution is 1.50. The van der Waals surface area contributed by atoms with Crippen molar-refractivity contribution in [2.24, 2.45) is 0 Å². The number of methoxy groups -OCH3 is 1. The molecular weight excluding hydrogens is 106 g/mol. The summed E-state index contributed by atoms with van der Waals surface area (Å²) in [6.45, 7) is 0.208. The predicted octanol–water partition coefficient (Wildman–Crippen LogP) is -0.333.